The number of anilines is 1. The Labute approximate surface area is 137 Å². The molecule has 3 rings (SSSR count). The second-order valence-electron chi connectivity index (χ2n) is 5.51. The van der Waals surface area contributed by atoms with Crippen LogP contribution in [-0.2, 0) is 4.79 Å². The lowest BCUT2D eigenvalue weighted by Crippen LogP contribution is -2.86. The van der Waals surface area contributed by atoms with Gasteiger partial charge in [-0.25, -0.2) is 8.78 Å². The van der Waals surface area contributed by atoms with E-state index in [-0.39, 0.29) is 25.3 Å². The molecule has 0 radical (unpaired) electrons. The number of carbonyl (C=O) groups is 1. The Kier molecular flexibility index (Phi) is 4.61. The average Bonchev–Trinajstić information content (AvgIpc) is 3.00. The zero-order valence-corrected chi connectivity index (χ0v) is 13.0. The minimum absolute atomic E-state index is 0.104. The molecular weight excluding hydrogens is 318 g/mol. The van der Waals surface area contributed by atoms with Crippen LogP contribution in [0.2, 0.25) is 0 Å². The maximum Gasteiger partial charge on any atom is 0.279 e. The number of carbonyl (C=O) groups excluding carboxylic acids is 1. The maximum absolute atomic E-state index is 13.7. The Hall–Kier alpha value is -2.67. The fourth-order valence-electron chi connectivity index (χ4n) is 2.47. The normalized spacial score (nSPS) is 13.6. The monoisotopic (exact) mass is 335 g/mol. The van der Waals surface area contributed by atoms with E-state index in [2.05, 4.69) is 5.32 Å². The lowest BCUT2D eigenvalue weighted by atomic mass is 10.1. The predicted molar refractivity (Wildman–Crippen MR) is 82.8 cm³/mol. The minimum Gasteiger partial charge on any atom is -0.454 e. The molecule has 1 heterocycles. The molecule has 24 heavy (non-hydrogen) atoms. The number of quaternary nitrogens is 1. The van der Waals surface area contributed by atoms with Crippen molar-refractivity contribution in [1.82, 2.24) is 0 Å². The van der Waals surface area contributed by atoms with Gasteiger partial charge in [0.1, 0.15) is 17.7 Å². The van der Waals surface area contributed by atoms with Gasteiger partial charge in [0, 0.05) is 23.4 Å². The zero-order chi connectivity index (χ0) is 17.1. The lowest BCUT2D eigenvalue weighted by Gasteiger charge is -2.12. The van der Waals surface area contributed by atoms with Crippen molar-refractivity contribution in [2.24, 2.45) is 0 Å². The fraction of sp³-hybridized carbons (Fsp3) is 0.235. The van der Waals surface area contributed by atoms with Crippen molar-refractivity contribution in [2.75, 3.05) is 18.7 Å². The van der Waals surface area contributed by atoms with Crippen LogP contribution in [0.1, 0.15) is 18.5 Å². The molecule has 7 heteroatoms. The third-order valence-corrected chi connectivity index (χ3v) is 3.77. The van der Waals surface area contributed by atoms with Crippen LogP contribution in [0, 0.1) is 11.6 Å². The highest BCUT2D eigenvalue weighted by atomic mass is 19.1. The summed E-state index contributed by atoms with van der Waals surface area (Å²) in [7, 11) is 0. The number of rotatable bonds is 5. The third-order valence-electron chi connectivity index (χ3n) is 3.77. The molecule has 5 nitrogen and oxygen atoms in total. The van der Waals surface area contributed by atoms with E-state index in [9.17, 15) is 13.6 Å². The van der Waals surface area contributed by atoms with E-state index in [0.29, 0.717) is 22.7 Å². The summed E-state index contributed by atoms with van der Waals surface area (Å²) in [5, 5.41) is 4.42. The van der Waals surface area contributed by atoms with E-state index in [1.807, 2.05) is 0 Å². The summed E-state index contributed by atoms with van der Waals surface area (Å²) >= 11 is 0. The maximum atomic E-state index is 13.7. The Morgan fingerprint density at radius 2 is 2.00 bits per heavy atom. The van der Waals surface area contributed by atoms with Crippen LogP contribution in [0.5, 0.6) is 11.5 Å². The predicted octanol–water partition coefficient (Wildman–Crippen LogP) is 1.96. The second kappa shape index (κ2) is 6.84. The smallest absolute Gasteiger partial charge is 0.279 e. The SMILES string of the molecule is C[C@@H]([NH2+]CC(=O)Nc1ccc2c(c1)OCO2)c1ccc(F)cc1F. The van der Waals surface area contributed by atoms with Crippen LogP contribution < -0.4 is 20.1 Å². The molecule has 3 N–H and O–H groups in total. The molecule has 0 bridgehead atoms. The summed E-state index contributed by atoms with van der Waals surface area (Å²) in [6.45, 7) is 2.03. The number of halogens is 2. The van der Waals surface area contributed by atoms with Crippen LogP contribution in [-0.4, -0.2) is 19.2 Å². The van der Waals surface area contributed by atoms with Crippen molar-refractivity contribution < 1.29 is 28.4 Å². The zero-order valence-electron chi connectivity index (χ0n) is 13.0. The number of fused-ring (bicyclic) bond motifs is 1. The largest absolute Gasteiger partial charge is 0.454 e. The highest BCUT2D eigenvalue weighted by molar-refractivity contribution is 5.91. The number of nitrogens with one attached hydrogen (secondary N) is 1. The van der Waals surface area contributed by atoms with Crippen LogP contribution >= 0.6 is 0 Å². The Morgan fingerprint density at radius 3 is 2.79 bits per heavy atom. The number of hydrogen-bond acceptors (Lipinski definition) is 3. The number of nitrogens with two attached hydrogens (primary N) is 1. The van der Waals surface area contributed by atoms with Crippen molar-refractivity contribution in [1.29, 1.82) is 0 Å². The van der Waals surface area contributed by atoms with Gasteiger partial charge < -0.3 is 20.1 Å². The molecular formula is C17H17F2N2O3+. The first-order valence-electron chi connectivity index (χ1n) is 7.50. The molecule has 0 spiro atoms. The molecule has 126 valence electrons. The first-order chi connectivity index (χ1) is 11.5. The second-order valence-corrected chi connectivity index (χ2v) is 5.51. The third kappa shape index (κ3) is 3.62. The van der Waals surface area contributed by atoms with Gasteiger partial charge in [-0.2, -0.15) is 0 Å². The van der Waals surface area contributed by atoms with Gasteiger partial charge >= 0.3 is 0 Å². The molecule has 1 aliphatic rings. The van der Waals surface area contributed by atoms with E-state index in [4.69, 9.17) is 9.47 Å². The molecule has 2 aromatic carbocycles. The number of amides is 1. The summed E-state index contributed by atoms with van der Waals surface area (Å²) in [5.41, 5.74) is 0.950. The summed E-state index contributed by atoms with van der Waals surface area (Å²) in [5.74, 6) is -0.249. The molecule has 0 saturated carbocycles. The van der Waals surface area contributed by atoms with Gasteiger partial charge in [-0.05, 0) is 31.2 Å². The first-order valence-corrected chi connectivity index (χ1v) is 7.50. The van der Waals surface area contributed by atoms with Crippen molar-refractivity contribution >= 4 is 11.6 Å². The molecule has 0 aliphatic carbocycles. The molecule has 0 fully saturated rings. The van der Waals surface area contributed by atoms with Crippen LogP contribution in [0.4, 0.5) is 14.5 Å². The van der Waals surface area contributed by atoms with Crippen LogP contribution in [0.25, 0.3) is 0 Å². The number of ether oxygens (including phenoxy) is 2. The van der Waals surface area contributed by atoms with Gasteiger partial charge in [-0.3, -0.25) is 4.79 Å². The molecule has 0 saturated heterocycles. The molecule has 1 amide bonds. The quantitative estimate of drug-likeness (QED) is 0.878. The van der Waals surface area contributed by atoms with Gasteiger partial charge in [0.2, 0.25) is 6.79 Å². The van der Waals surface area contributed by atoms with Crippen molar-refractivity contribution in [2.45, 2.75) is 13.0 Å². The molecule has 1 atom stereocenters. The highest BCUT2D eigenvalue weighted by Crippen LogP contribution is 2.34. The van der Waals surface area contributed by atoms with E-state index in [1.165, 1.54) is 12.1 Å². The highest BCUT2D eigenvalue weighted by Gasteiger charge is 2.17. The summed E-state index contributed by atoms with van der Waals surface area (Å²) in [6.07, 6.45) is 0. The number of benzene rings is 2. The molecule has 1 aliphatic heterocycles. The first kappa shape index (κ1) is 16.2. The Morgan fingerprint density at radius 1 is 1.21 bits per heavy atom. The topological polar surface area (TPSA) is 64.2 Å². The van der Waals surface area contributed by atoms with Crippen molar-refractivity contribution in [3.05, 3.63) is 53.6 Å². The van der Waals surface area contributed by atoms with Gasteiger partial charge in [0.25, 0.3) is 5.91 Å². The standard InChI is InChI=1S/C17H16F2N2O3/c1-10(13-4-2-11(18)6-14(13)19)20-8-17(22)21-12-3-5-15-16(7-12)24-9-23-15/h2-7,10,20H,8-9H2,1H3,(H,21,22)/p+1/t10-/m1/s1. The van der Waals surface area contributed by atoms with Crippen LogP contribution in [0.15, 0.2) is 36.4 Å². The van der Waals surface area contributed by atoms with E-state index in [1.54, 1.807) is 30.4 Å². The van der Waals surface area contributed by atoms with Gasteiger partial charge in [-0.15, -0.1) is 0 Å². The molecule has 0 aromatic heterocycles. The number of hydrogen-bond donors (Lipinski definition) is 2. The van der Waals surface area contributed by atoms with E-state index >= 15 is 0 Å². The van der Waals surface area contributed by atoms with Crippen molar-refractivity contribution in [3.63, 3.8) is 0 Å². The summed E-state index contributed by atoms with van der Waals surface area (Å²) < 4.78 is 37.1. The van der Waals surface area contributed by atoms with Crippen LogP contribution in [0.3, 0.4) is 0 Å². The summed E-state index contributed by atoms with van der Waals surface area (Å²) in [4.78, 5) is 12.0. The molecule has 2 aromatic rings. The molecule has 0 unspecified atom stereocenters. The Bertz CT molecular complexity index is 767. The van der Waals surface area contributed by atoms with Gasteiger partial charge in [0.15, 0.2) is 18.0 Å². The van der Waals surface area contributed by atoms with E-state index < -0.39 is 11.6 Å². The summed E-state index contributed by atoms with van der Waals surface area (Å²) in [6, 6.07) is 8.24. The Balaban J connectivity index is 1.55. The van der Waals surface area contributed by atoms with E-state index in [0.717, 1.165) is 6.07 Å². The van der Waals surface area contributed by atoms with Gasteiger partial charge in [0.05, 0.1) is 0 Å². The van der Waals surface area contributed by atoms with Gasteiger partial charge in [-0.1, -0.05) is 0 Å². The minimum atomic E-state index is -0.621. The fourth-order valence-corrected chi connectivity index (χ4v) is 2.47. The lowest BCUT2D eigenvalue weighted by molar-refractivity contribution is -0.682. The average molecular weight is 335 g/mol. The van der Waals surface area contributed by atoms with Crippen molar-refractivity contribution in [3.8, 4) is 11.5 Å².